The van der Waals surface area contributed by atoms with Crippen LogP contribution in [0.5, 0.6) is 0 Å². The molecule has 0 saturated heterocycles. The minimum Gasteiger partial charge on any atom is -0.253 e. The molecule has 2 aliphatic rings. The standard InChI is InChI=1S/C48H40N2/c1-5-47(6-2)41-15-11-9-13-37(41)39-25-21-33(29-43(39)47)17-19-35-23-27-45(49-31-35)46-28-24-36(32-50-46)20-18-34-22-26-40-38-14-10-12-16-42(38)48(7-3,8-4)44(40)30-34/h9-16,21-32H,5-8H2,1-4H3. The van der Waals surface area contributed by atoms with Crippen LogP contribution in [0.15, 0.2) is 122 Å². The van der Waals surface area contributed by atoms with E-state index >= 15 is 0 Å². The van der Waals surface area contributed by atoms with E-state index in [1.54, 1.807) is 0 Å². The van der Waals surface area contributed by atoms with Crippen LogP contribution in [-0.2, 0) is 10.8 Å². The molecule has 0 unspecified atom stereocenters. The third kappa shape index (κ3) is 4.99. The Hall–Kier alpha value is -5.70. The first-order valence-corrected chi connectivity index (χ1v) is 18.0. The lowest BCUT2D eigenvalue weighted by Gasteiger charge is -2.29. The van der Waals surface area contributed by atoms with Crippen molar-refractivity contribution >= 4 is 0 Å². The van der Waals surface area contributed by atoms with Crippen LogP contribution in [0.3, 0.4) is 0 Å². The molecule has 0 aliphatic heterocycles. The van der Waals surface area contributed by atoms with Gasteiger partial charge in [-0.1, -0.05) is 112 Å². The molecule has 2 aromatic heterocycles. The Morgan fingerprint density at radius 3 is 1.14 bits per heavy atom. The molecule has 8 rings (SSSR count). The largest absolute Gasteiger partial charge is 0.253 e. The topological polar surface area (TPSA) is 25.8 Å². The second-order valence-electron chi connectivity index (χ2n) is 13.6. The summed E-state index contributed by atoms with van der Waals surface area (Å²) >= 11 is 0. The Kier molecular flexibility index (Phi) is 7.98. The number of aromatic nitrogens is 2. The van der Waals surface area contributed by atoms with Gasteiger partial charge in [0.1, 0.15) is 0 Å². The molecule has 4 aromatic carbocycles. The van der Waals surface area contributed by atoms with Gasteiger partial charge in [-0.2, -0.15) is 0 Å². The fourth-order valence-electron chi connectivity index (χ4n) is 8.62. The fraction of sp³-hybridized carbons (Fsp3) is 0.208. The van der Waals surface area contributed by atoms with Gasteiger partial charge in [0.15, 0.2) is 0 Å². The SMILES string of the molecule is CCC1(CC)c2ccccc2-c2ccc(C#Cc3ccc(-c4ccc(C#Cc5ccc6c(c5)C(CC)(CC)c5ccccc5-6)cn4)nc3)cc21. The van der Waals surface area contributed by atoms with Gasteiger partial charge in [0.25, 0.3) is 0 Å². The molecule has 2 heterocycles. The summed E-state index contributed by atoms with van der Waals surface area (Å²) in [7, 11) is 0. The highest BCUT2D eigenvalue weighted by Crippen LogP contribution is 2.53. The predicted molar refractivity (Wildman–Crippen MR) is 206 cm³/mol. The zero-order chi connectivity index (χ0) is 34.3. The normalized spacial score (nSPS) is 13.9. The summed E-state index contributed by atoms with van der Waals surface area (Å²) in [6.07, 6.45) is 7.95. The molecular weight excluding hydrogens is 605 g/mol. The molecule has 2 heteroatoms. The van der Waals surface area contributed by atoms with Crippen molar-refractivity contribution in [3.05, 3.63) is 166 Å². The second kappa shape index (κ2) is 12.6. The average Bonchev–Trinajstić information content (AvgIpc) is 3.63. The van der Waals surface area contributed by atoms with Crippen molar-refractivity contribution < 1.29 is 0 Å². The third-order valence-electron chi connectivity index (χ3n) is 11.4. The van der Waals surface area contributed by atoms with Gasteiger partial charge >= 0.3 is 0 Å². The van der Waals surface area contributed by atoms with Crippen molar-refractivity contribution in [3.8, 4) is 57.3 Å². The molecular formula is C48H40N2. The Bertz CT molecular complexity index is 2190. The van der Waals surface area contributed by atoms with Gasteiger partial charge in [-0.25, -0.2) is 0 Å². The molecule has 0 spiro atoms. The van der Waals surface area contributed by atoms with Gasteiger partial charge in [0.05, 0.1) is 11.4 Å². The zero-order valence-corrected chi connectivity index (χ0v) is 29.3. The molecule has 0 saturated carbocycles. The summed E-state index contributed by atoms with van der Waals surface area (Å²) in [6.45, 7) is 9.20. The van der Waals surface area contributed by atoms with Crippen molar-refractivity contribution in [2.75, 3.05) is 0 Å². The van der Waals surface area contributed by atoms with Crippen LogP contribution in [0.2, 0.25) is 0 Å². The molecule has 2 nitrogen and oxygen atoms in total. The summed E-state index contributed by atoms with van der Waals surface area (Å²) in [5, 5.41) is 0. The highest BCUT2D eigenvalue weighted by atomic mass is 14.8. The highest BCUT2D eigenvalue weighted by molar-refractivity contribution is 5.83. The molecule has 50 heavy (non-hydrogen) atoms. The van der Waals surface area contributed by atoms with E-state index in [-0.39, 0.29) is 10.8 Å². The highest BCUT2D eigenvalue weighted by Gasteiger charge is 2.41. The molecule has 0 radical (unpaired) electrons. The number of nitrogens with zero attached hydrogens (tertiary/aromatic N) is 2. The van der Waals surface area contributed by atoms with E-state index in [4.69, 9.17) is 9.97 Å². The van der Waals surface area contributed by atoms with Crippen LogP contribution in [0, 0.1) is 23.7 Å². The van der Waals surface area contributed by atoms with Crippen molar-refractivity contribution in [3.63, 3.8) is 0 Å². The Balaban J connectivity index is 0.988. The number of rotatable bonds is 5. The first kappa shape index (κ1) is 31.6. The van der Waals surface area contributed by atoms with E-state index < -0.39 is 0 Å². The summed E-state index contributed by atoms with van der Waals surface area (Å²) in [5.74, 6) is 13.5. The van der Waals surface area contributed by atoms with E-state index in [2.05, 4.69) is 136 Å². The molecule has 0 fully saturated rings. The summed E-state index contributed by atoms with van der Waals surface area (Å²) in [6, 6.07) is 39.2. The van der Waals surface area contributed by atoms with Gasteiger partial charge < -0.3 is 0 Å². The average molecular weight is 645 g/mol. The maximum absolute atomic E-state index is 4.70. The van der Waals surface area contributed by atoms with E-state index in [9.17, 15) is 0 Å². The van der Waals surface area contributed by atoms with E-state index in [1.807, 2.05) is 36.7 Å². The third-order valence-corrected chi connectivity index (χ3v) is 11.4. The van der Waals surface area contributed by atoms with Crippen molar-refractivity contribution in [2.45, 2.75) is 64.2 Å². The predicted octanol–water partition coefficient (Wildman–Crippen LogP) is 11.1. The summed E-state index contributed by atoms with van der Waals surface area (Å²) in [5.41, 5.74) is 16.6. The molecule has 0 amide bonds. The van der Waals surface area contributed by atoms with E-state index in [1.165, 1.54) is 44.5 Å². The Labute approximate surface area is 296 Å². The summed E-state index contributed by atoms with van der Waals surface area (Å²) in [4.78, 5) is 9.40. The minimum atomic E-state index is 0.0477. The molecule has 0 atom stereocenters. The van der Waals surface area contributed by atoms with Gasteiger partial charge in [-0.15, -0.1) is 0 Å². The number of hydrogen-bond donors (Lipinski definition) is 0. The molecule has 2 aliphatic carbocycles. The second-order valence-corrected chi connectivity index (χ2v) is 13.6. The Morgan fingerprint density at radius 1 is 0.400 bits per heavy atom. The van der Waals surface area contributed by atoms with Crippen LogP contribution in [0.4, 0.5) is 0 Å². The zero-order valence-electron chi connectivity index (χ0n) is 29.3. The molecule has 0 N–H and O–H groups in total. The quantitative estimate of drug-likeness (QED) is 0.175. The van der Waals surface area contributed by atoms with E-state index in [0.717, 1.165) is 59.3 Å². The first-order valence-electron chi connectivity index (χ1n) is 18.0. The van der Waals surface area contributed by atoms with Crippen LogP contribution in [0.25, 0.3) is 33.6 Å². The Morgan fingerprint density at radius 2 is 0.760 bits per heavy atom. The van der Waals surface area contributed by atoms with Gasteiger partial charge in [0, 0.05) is 45.5 Å². The van der Waals surface area contributed by atoms with Crippen LogP contribution in [-0.4, -0.2) is 9.97 Å². The van der Waals surface area contributed by atoms with Crippen LogP contribution >= 0.6 is 0 Å². The van der Waals surface area contributed by atoms with Gasteiger partial charge in [0.2, 0.25) is 0 Å². The molecule has 0 bridgehead atoms. The lowest BCUT2D eigenvalue weighted by molar-refractivity contribution is 0.490. The maximum atomic E-state index is 4.70. The van der Waals surface area contributed by atoms with Crippen LogP contribution < -0.4 is 0 Å². The summed E-state index contributed by atoms with van der Waals surface area (Å²) < 4.78 is 0. The fourth-order valence-corrected chi connectivity index (χ4v) is 8.62. The van der Waals surface area contributed by atoms with Crippen molar-refractivity contribution in [1.29, 1.82) is 0 Å². The number of fused-ring (bicyclic) bond motifs is 6. The lowest BCUT2D eigenvalue weighted by atomic mass is 9.73. The maximum Gasteiger partial charge on any atom is 0.0887 e. The molecule has 242 valence electrons. The van der Waals surface area contributed by atoms with Gasteiger partial charge in [-0.3, -0.25) is 9.97 Å². The van der Waals surface area contributed by atoms with Crippen molar-refractivity contribution in [1.82, 2.24) is 9.97 Å². The number of hydrogen-bond acceptors (Lipinski definition) is 2. The smallest absolute Gasteiger partial charge is 0.0887 e. The van der Waals surface area contributed by atoms with Crippen molar-refractivity contribution in [2.24, 2.45) is 0 Å². The lowest BCUT2D eigenvalue weighted by Crippen LogP contribution is -2.23. The number of pyridine rings is 2. The van der Waals surface area contributed by atoms with Gasteiger partial charge in [-0.05, 0) is 119 Å². The minimum absolute atomic E-state index is 0.0477. The monoisotopic (exact) mass is 644 g/mol. The van der Waals surface area contributed by atoms with Crippen LogP contribution in [0.1, 0.15) is 97.9 Å². The number of benzene rings is 4. The first-order chi connectivity index (χ1) is 24.5. The molecule has 6 aromatic rings. The van der Waals surface area contributed by atoms with E-state index in [0.29, 0.717) is 0 Å².